The Morgan fingerprint density at radius 2 is 2.05 bits per heavy atom. The summed E-state index contributed by atoms with van der Waals surface area (Å²) in [5, 5.41) is 0.922. The van der Waals surface area contributed by atoms with Gasteiger partial charge in [0.15, 0.2) is 5.76 Å². The van der Waals surface area contributed by atoms with Crippen LogP contribution >= 0.6 is 0 Å². The van der Waals surface area contributed by atoms with Crippen molar-refractivity contribution in [1.29, 1.82) is 0 Å². The Morgan fingerprint density at radius 1 is 1.19 bits per heavy atom. The van der Waals surface area contributed by atoms with Gasteiger partial charge in [-0.25, -0.2) is 4.98 Å². The Balaban J connectivity index is 1.85. The fraction of sp³-hybridized carbons (Fsp3) is 0.0588. The van der Waals surface area contributed by atoms with Crippen molar-refractivity contribution in [1.82, 2.24) is 9.38 Å². The Bertz CT molecular complexity index is 946. The Labute approximate surface area is 120 Å². The lowest BCUT2D eigenvalue weighted by Crippen LogP contribution is -2.03. The number of benzene rings is 1. The Morgan fingerprint density at radius 3 is 2.90 bits per heavy atom. The van der Waals surface area contributed by atoms with Crippen LogP contribution in [0.3, 0.4) is 0 Å². The van der Waals surface area contributed by atoms with Gasteiger partial charge in [-0.05, 0) is 36.8 Å². The summed E-state index contributed by atoms with van der Waals surface area (Å²) < 4.78 is 7.42. The second kappa shape index (κ2) is 4.31. The average molecular weight is 276 g/mol. The van der Waals surface area contributed by atoms with Crippen molar-refractivity contribution in [3.63, 3.8) is 0 Å². The first-order chi connectivity index (χ1) is 10.2. The van der Waals surface area contributed by atoms with Gasteiger partial charge in [0.05, 0.1) is 6.20 Å². The highest BCUT2D eigenvalue weighted by Gasteiger charge is 2.18. The number of hydrogen-bond donors (Lipinski definition) is 0. The van der Waals surface area contributed by atoms with Crippen molar-refractivity contribution in [2.75, 3.05) is 0 Å². The lowest BCUT2D eigenvalue weighted by Gasteiger charge is -1.99. The van der Waals surface area contributed by atoms with Crippen molar-refractivity contribution in [2.24, 2.45) is 0 Å². The number of pyridine rings is 1. The molecule has 4 nitrogen and oxygen atoms in total. The maximum absolute atomic E-state index is 12.6. The fourth-order valence-electron chi connectivity index (χ4n) is 2.47. The van der Waals surface area contributed by atoms with E-state index >= 15 is 0 Å². The number of para-hydroxylation sites is 1. The van der Waals surface area contributed by atoms with Gasteiger partial charge in [-0.2, -0.15) is 0 Å². The van der Waals surface area contributed by atoms with Crippen LogP contribution in [0.25, 0.3) is 16.6 Å². The monoisotopic (exact) mass is 276 g/mol. The number of rotatable bonds is 2. The number of furan rings is 1. The number of carbonyl (C=O) groups excluding carboxylic acids is 1. The molecule has 3 aromatic heterocycles. The number of carbonyl (C=O) groups is 1. The molecule has 21 heavy (non-hydrogen) atoms. The van der Waals surface area contributed by atoms with Crippen LogP contribution in [0.4, 0.5) is 0 Å². The highest BCUT2D eigenvalue weighted by Crippen LogP contribution is 2.21. The Hall–Kier alpha value is -2.88. The van der Waals surface area contributed by atoms with Gasteiger partial charge in [-0.15, -0.1) is 0 Å². The molecule has 0 atom stereocenters. The van der Waals surface area contributed by atoms with E-state index in [9.17, 15) is 4.79 Å². The lowest BCUT2D eigenvalue weighted by atomic mass is 10.2. The highest BCUT2D eigenvalue weighted by atomic mass is 16.3. The van der Waals surface area contributed by atoms with Crippen molar-refractivity contribution in [3.05, 3.63) is 71.9 Å². The summed E-state index contributed by atoms with van der Waals surface area (Å²) in [6.45, 7) is 2.00. The SMILES string of the molecule is Cc1ccn2c(C(=O)c3cc4ccccc4o3)cnc2c1. The normalized spacial score (nSPS) is 11.3. The maximum atomic E-state index is 12.6. The molecule has 1 aromatic carbocycles. The van der Waals surface area contributed by atoms with Gasteiger partial charge in [0.1, 0.15) is 16.9 Å². The molecule has 0 unspecified atom stereocenters. The molecular formula is C17H12N2O2. The largest absolute Gasteiger partial charge is 0.453 e. The van der Waals surface area contributed by atoms with Crippen LogP contribution in [-0.4, -0.2) is 15.2 Å². The van der Waals surface area contributed by atoms with E-state index in [2.05, 4.69) is 4.98 Å². The zero-order valence-electron chi connectivity index (χ0n) is 11.4. The van der Waals surface area contributed by atoms with Crippen molar-refractivity contribution in [2.45, 2.75) is 6.92 Å². The van der Waals surface area contributed by atoms with Crippen LogP contribution < -0.4 is 0 Å². The first kappa shape index (κ1) is 11.9. The van der Waals surface area contributed by atoms with E-state index in [1.165, 1.54) is 0 Å². The van der Waals surface area contributed by atoms with Crippen LogP contribution in [0.15, 0.2) is 59.3 Å². The van der Waals surface area contributed by atoms with Gasteiger partial charge >= 0.3 is 0 Å². The minimum Gasteiger partial charge on any atom is -0.453 e. The molecule has 0 fully saturated rings. The maximum Gasteiger partial charge on any atom is 0.246 e. The molecule has 0 aliphatic carbocycles. The zero-order valence-corrected chi connectivity index (χ0v) is 11.4. The second-order valence-corrected chi connectivity index (χ2v) is 5.05. The number of nitrogens with zero attached hydrogens (tertiary/aromatic N) is 2. The van der Waals surface area contributed by atoms with Crippen LogP contribution in [0, 0.1) is 6.92 Å². The van der Waals surface area contributed by atoms with E-state index in [-0.39, 0.29) is 5.78 Å². The third-order valence-electron chi connectivity index (χ3n) is 3.55. The van der Waals surface area contributed by atoms with E-state index in [1.807, 2.05) is 49.5 Å². The molecule has 4 rings (SSSR count). The van der Waals surface area contributed by atoms with Crippen LogP contribution in [0.5, 0.6) is 0 Å². The Kier molecular flexibility index (Phi) is 2.44. The van der Waals surface area contributed by atoms with Gasteiger partial charge in [-0.1, -0.05) is 18.2 Å². The predicted octanol–water partition coefficient (Wildman–Crippen LogP) is 3.62. The number of aryl methyl sites for hydroxylation is 1. The molecule has 0 amide bonds. The first-order valence-electron chi connectivity index (χ1n) is 6.69. The third-order valence-corrected chi connectivity index (χ3v) is 3.55. The van der Waals surface area contributed by atoms with Crippen molar-refractivity contribution >= 4 is 22.4 Å². The molecule has 0 bridgehead atoms. The van der Waals surface area contributed by atoms with Crippen molar-refractivity contribution in [3.8, 4) is 0 Å². The number of fused-ring (bicyclic) bond motifs is 2. The summed E-state index contributed by atoms with van der Waals surface area (Å²) >= 11 is 0. The summed E-state index contributed by atoms with van der Waals surface area (Å²) in [5.41, 5.74) is 3.08. The summed E-state index contributed by atoms with van der Waals surface area (Å²) in [6, 6.07) is 13.2. The van der Waals surface area contributed by atoms with Crippen LogP contribution in [0.1, 0.15) is 21.8 Å². The lowest BCUT2D eigenvalue weighted by molar-refractivity contribution is 0.101. The number of ketones is 1. The average Bonchev–Trinajstić information content (AvgIpc) is 3.09. The number of aromatic nitrogens is 2. The molecule has 0 N–H and O–H groups in total. The fourth-order valence-corrected chi connectivity index (χ4v) is 2.47. The molecule has 0 saturated heterocycles. The number of imidazole rings is 1. The summed E-state index contributed by atoms with van der Waals surface area (Å²) in [5.74, 6) is 0.168. The van der Waals surface area contributed by atoms with E-state index in [0.717, 1.165) is 16.6 Å². The molecule has 4 heteroatoms. The van der Waals surface area contributed by atoms with Gasteiger partial charge in [0, 0.05) is 11.6 Å². The number of hydrogen-bond acceptors (Lipinski definition) is 3. The summed E-state index contributed by atoms with van der Waals surface area (Å²) in [6.07, 6.45) is 3.44. The van der Waals surface area contributed by atoms with Crippen LogP contribution in [-0.2, 0) is 0 Å². The minimum atomic E-state index is -0.164. The molecule has 4 aromatic rings. The molecule has 0 aliphatic rings. The molecule has 102 valence electrons. The summed E-state index contributed by atoms with van der Waals surface area (Å²) in [4.78, 5) is 16.9. The van der Waals surface area contributed by atoms with E-state index in [0.29, 0.717) is 17.0 Å². The zero-order chi connectivity index (χ0) is 14.4. The van der Waals surface area contributed by atoms with Gasteiger partial charge in [-0.3, -0.25) is 9.20 Å². The first-order valence-corrected chi connectivity index (χ1v) is 6.69. The molecule has 0 spiro atoms. The topological polar surface area (TPSA) is 47.5 Å². The molecule has 0 radical (unpaired) electrons. The van der Waals surface area contributed by atoms with Gasteiger partial charge in [0.2, 0.25) is 5.78 Å². The van der Waals surface area contributed by atoms with E-state index in [1.54, 1.807) is 16.7 Å². The standard InChI is InChI=1S/C17H12N2O2/c1-11-6-7-19-13(10-18-16(19)8-11)17(20)15-9-12-4-2-3-5-14(12)21-15/h2-10H,1H3. The molecule has 3 heterocycles. The molecule has 0 aliphatic heterocycles. The van der Waals surface area contributed by atoms with Crippen molar-refractivity contribution < 1.29 is 9.21 Å². The summed E-state index contributed by atoms with van der Waals surface area (Å²) in [7, 11) is 0. The predicted molar refractivity (Wildman–Crippen MR) is 79.6 cm³/mol. The van der Waals surface area contributed by atoms with E-state index < -0.39 is 0 Å². The minimum absolute atomic E-state index is 0.164. The third kappa shape index (κ3) is 1.84. The van der Waals surface area contributed by atoms with E-state index in [4.69, 9.17) is 4.42 Å². The van der Waals surface area contributed by atoms with Crippen LogP contribution in [0.2, 0.25) is 0 Å². The quantitative estimate of drug-likeness (QED) is 0.525. The molecular weight excluding hydrogens is 264 g/mol. The second-order valence-electron chi connectivity index (χ2n) is 5.05. The van der Waals surface area contributed by atoms with Gasteiger partial charge < -0.3 is 4.42 Å². The smallest absolute Gasteiger partial charge is 0.246 e. The molecule has 0 saturated carbocycles. The van der Waals surface area contributed by atoms with Gasteiger partial charge in [0.25, 0.3) is 0 Å². The highest BCUT2D eigenvalue weighted by molar-refractivity contribution is 6.08.